The molecule has 0 fully saturated rings. The summed E-state index contributed by atoms with van der Waals surface area (Å²) in [7, 11) is -4.05. The molecule has 4 rings (SSSR count). The highest BCUT2D eigenvalue weighted by Gasteiger charge is 2.41. The van der Waals surface area contributed by atoms with Crippen molar-refractivity contribution in [2.75, 3.05) is 0 Å². The standard InChI is InChI=1S/C25H25F2N3OS2/c1-4-22-30-24(18-12-19(26)15-20(27)13-18)25(32-22)17-10-11-29-23(14-17)33(28,31,16(2)3)21-8-6-5-7-9-21/h5-16H,4H2,1-3H3,(H2,28,31). The van der Waals surface area contributed by atoms with E-state index < -0.39 is 26.1 Å². The quantitative estimate of drug-likeness (QED) is 0.352. The van der Waals surface area contributed by atoms with Crippen LogP contribution < -0.4 is 5.14 Å². The largest absolute Gasteiger partial charge is 0.263 e. The average Bonchev–Trinajstić information content (AvgIpc) is 3.24. The Kier molecular flexibility index (Phi) is 6.03. The van der Waals surface area contributed by atoms with Gasteiger partial charge in [0.05, 0.1) is 15.6 Å². The van der Waals surface area contributed by atoms with Crippen LogP contribution in [0.1, 0.15) is 25.8 Å². The van der Waals surface area contributed by atoms with Gasteiger partial charge in [-0.15, -0.1) is 11.3 Å². The van der Waals surface area contributed by atoms with Gasteiger partial charge >= 0.3 is 0 Å². The van der Waals surface area contributed by atoms with Crippen molar-refractivity contribution in [1.82, 2.24) is 9.97 Å². The van der Waals surface area contributed by atoms with Crippen molar-refractivity contribution >= 4 is 20.6 Å². The number of halogens is 2. The van der Waals surface area contributed by atoms with Gasteiger partial charge in [0.2, 0.25) is 0 Å². The Morgan fingerprint density at radius 2 is 1.67 bits per heavy atom. The van der Waals surface area contributed by atoms with Crippen LogP contribution in [0.4, 0.5) is 8.78 Å². The number of rotatable bonds is 6. The summed E-state index contributed by atoms with van der Waals surface area (Å²) < 4.78 is 42.5. The monoisotopic (exact) mass is 485 g/mol. The van der Waals surface area contributed by atoms with Gasteiger partial charge in [-0.05, 0) is 48.4 Å². The van der Waals surface area contributed by atoms with Gasteiger partial charge in [-0.1, -0.05) is 39.0 Å². The van der Waals surface area contributed by atoms with E-state index in [1.165, 1.54) is 23.5 Å². The summed E-state index contributed by atoms with van der Waals surface area (Å²) in [4.78, 5) is 10.3. The maximum atomic E-state index is 14.6. The van der Waals surface area contributed by atoms with Crippen LogP contribution in [0, 0.1) is 11.6 Å². The minimum Gasteiger partial charge on any atom is -0.263 e. The fourth-order valence-corrected chi connectivity index (χ4v) is 7.37. The molecule has 0 spiro atoms. The summed E-state index contributed by atoms with van der Waals surface area (Å²) in [6.07, 6.45) is 2.23. The molecule has 0 aliphatic heterocycles. The normalized spacial score (nSPS) is 13.1. The lowest BCUT2D eigenvalue weighted by atomic mass is 10.1. The Bertz CT molecular complexity index is 1370. The van der Waals surface area contributed by atoms with Gasteiger partial charge in [-0.3, -0.25) is 9.35 Å². The Labute approximate surface area is 196 Å². The SMILES string of the molecule is CCc1nc(-c2cc(F)cc(F)c2)c(-c2ccnc(S(N)(=O)(c3ccccc3)C(C)C)c2)s1. The molecule has 0 aliphatic rings. The predicted octanol–water partition coefficient (Wildman–Crippen LogP) is 6.23. The number of hydrogen-bond donors (Lipinski definition) is 1. The van der Waals surface area contributed by atoms with E-state index in [1.807, 2.05) is 26.8 Å². The average molecular weight is 486 g/mol. The van der Waals surface area contributed by atoms with E-state index in [9.17, 15) is 13.0 Å². The van der Waals surface area contributed by atoms with Crippen molar-refractivity contribution < 1.29 is 13.0 Å². The third-order valence-corrected chi connectivity index (χ3v) is 11.2. The first-order valence-electron chi connectivity index (χ1n) is 10.6. The number of thiazole rings is 1. The molecule has 4 nitrogen and oxygen atoms in total. The fraction of sp³-hybridized carbons (Fsp3) is 0.200. The molecule has 0 saturated carbocycles. The topological polar surface area (TPSA) is 68.9 Å². The number of nitrogens with zero attached hydrogens (tertiary/aromatic N) is 2. The van der Waals surface area contributed by atoms with E-state index in [4.69, 9.17) is 5.14 Å². The molecule has 172 valence electrons. The molecule has 0 amide bonds. The molecule has 2 aromatic heterocycles. The Balaban J connectivity index is 1.94. The molecule has 0 saturated heterocycles. The number of aryl methyl sites for hydroxylation is 1. The molecule has 0 radical (unpaired) electrons. The van der Waals surface area contributed by atoms with Crippen molar-refractivity contribution in [1.29, 1.82) is 0 Å². The second kappa shape index (κ2) is 8.52. The van der Waals surface area contributed by atoms with Crippen LogP contribution in [0.15, 0.2) is 76.8 Å². The Morgan fingerprint density at radius 1 is 1.00 bits per heavy atom. The molecule has 2 N–H and O–H groups in total. The zero-order chi connectivity index (χ0) is 23.8. The number of pyridine rings is 1. The van der Waals surface area contributed by atoms with Crippen LogP contribution in [-0.2, 0) is 15.7 Å². The van der Waals surface area contributed by atoms with Crippen molar-refractivity contribution in [3.63, 3.8) is 0 Å². The third-order valence-electron chi connectivity index (χ3n) is 5.70. The maximum absolute atomic E-state index is 14.6. The summed E-state index contributed by atoms with van der Waals surface area (Å²) >= 11 is 1.43. The van der Waals surface area contributed by atoms with Gasteiger partial charge in [0, 0.05) is 37.2 Å². The van der Waals surface area contributed by atoms with Crippen LogP contribution in [0.3, 0.4) is 0 Å². The molecular formula is C25H25F2N3OS2. The van der Waals surface area contributed by atoms with Gasteiger partial charge in [0.15, 0.2) is 0 Å². The molecule has 33 heavy (non-hydrogen) atoms. The van der Waals surface area contributed by atoms with E-state index in [2.05, 4.69) is 9.97 Å². The van der Waals surface area contributed by atoms with E-state index in [-0.39, 0.29) is 5.03 Å². The molecule has 0 atom stereocenters. The van der Waals surface area contributed by atoms with E-state index in [1.54, 1.807) is 42.6 Å². The second-order valence-corrected chi connectivity index (χ2v) is 13.2. The number of benzene rings is 2. The molecular weight excluding hydrogens is 460 g/mol. The minimum atomic E-state index is -4.05. The molecule has 0 bridgehead atoms. The van der Waals surface area contributed by atoms with Crippen LogP contribution in [0.25, 0.3) is 21.7 Å². The molecule has 0 unspecified atom stereocenters. The number of hydrogen-bond acceptors (Lipinski definition) is 4. The number of aromatic nitrogens is 2. The summed E-state index contributed by atoms with van der Waals surface area (Å²) in [5.74, 6) is -1.35. The van der Waals surface area contributed by atoms with Crippen molar-refractivity contribution in [3.8, 4) is 21.7 Å². The van der Waals surface area contributed by atoms with Gasteiger partial charge in [-0.25, -0.2) is 18.7 Å². The first kappa shape index (κ1) is 23.4. The van der Waals surface area contributed by atoms with E-state index >= 15 is 0 Å². The predicted molar refractivity (Wildman–Crippen MR) is 131 cm³/mol. The van der Waals surface area contributed by atoms with Gasteiger partial charge in [-0.2, -0.15) is 0 Å². The van der Waals surface area contributed by atoms with E-state index in [0.29, 0.717) is 33.0 Å². The van der Waals surface area contributed by atoms with Gasteiger partial charge in [0.25, 0.3) is 0 Å². The fourth-order valence-electron chi connectivity index (χ4n) is 3.71. The summed E-state index contributed by atoms with van der Waals surface area (Å²) in [5, 5.41) is 7.44. The van der Waals surface area contributed by atoms with Crippen molar-refractivity contribution in [2.45, 2.75) is 42.4 Å². The van der Waals surface area contributed by atoms with E-state index in [0.717, 1.165) is 11.1 Å². The smallest absolute Gasteiger partial charge is 0.126 e. The third kappa shape index (κ3) is 4.03. The molecule has 0 aliphatic carbocycles. The first-order chi connectivity index (χ1) is 15.6. The van der Waals surface area contributed by atoms with Crippen LogP contribution in [0.5, 0.6) is 0 Å². The Hall–Kier alpha value is -2.81. The summed E-state index contributed by atoms with van der Waals surface area (Å²) in [6, 6.07) is 15.8. The van der Waals surface area contributed by atoms with Crippen LogP contribution >= 0.6 is 11.3 Å². The lowest BCUT2D eigenvalue weighted by Crippen LogP contribution is -2.51. The highest BCUT2D eigenvalue weighted by atomic mass is 32.3. The highest BCUT2D eigenvalue weighted by molar-refractivity contribution is 8.18. The van der Waals surface area contributed by atoms with Gasteiger partial charge < -0.3 is 0 Å². The Morgan fingerprint density at radius 3 is 2.27 bits per heavy atom. The molecule has 4 aromatic rings. The van der Waals surface area contributed by atoms with Crippen LogP contribution in [0.2, 0.25) is 0 Å². The maximum Gasteiger partial charge on any atom is 0.126 e. The van der Waals surface area contributed by atoms with Crippen molar-refractivity contribution in [3.05, 3.63) is 83.5 Å². The van der Waals surface area contributed by atoms with Crippen LogP contribution in [-0.4, -0.2) is 19.4 Å². The number of nitrogens with two attached hydrogens (primary N) is 1. The lowest BCUT2D eigenvalue weighted by molar-refractivity contribution is 0.584. The molecule has 2 heterocycles. The zero-order valence-corrected chi connectivity index (χ0v) is 20.2. The first-order valence-corrected chi connectivity index (χ1v) is 13.5. The zero-order valence-electron chi connectivity index (χ0n) is 18.6. The second-order valence-electron chi connectivity index (χ2n) is 8.11. The lowest BCUT2D eigenvalue weighted by Gasteiger charge is -2.41. The summed E-state index contributed by atoms with van der Waals surface area (Å²) in [5.41, 5.74) is 1.50. The summed E-state index contributed by atoms with van der Waals surface area (Å²) in [6.45, 7) is 5.60. The van der Waals surface area contributed by atoms with Crippen molar-refractivity contribution in [2.24, 2.45) is 5.14 Å². The van der Waals surface area contributed by atoms with Gasteiger partial charge in [0.1, 0.15) is 16.7 Å². The highest BCUT2D eigenvalue weighted by Crippen LogP contribution is 2.44. The molecule has 8 heteroatoms. The molecule has 2 aromatic carbocycles. The minimum absolute atomic E-state index is 0.272.